The summed E-state index contributed by atoms with van der Waals surface area (Å²) in [5.41, 5.74) is 2.30. The van der Waals surface area contributed by atoms with E-state index in [0.29, 0.717) is 42.3 Å². The molecule has 1 aromatic carbocycles. The van der Waals surface area contributed by atoms with Gasteiger partial charge in [-0.25, -0.2) is 4.79 Å². The minimum absolute atomic E-state index is 0.0376. The Balaban J connectivity index is 1.25. The normalized spacial score (nSPS) is 22.7. The van der Waals surface area contributed by atoms with Gasteiger partial charge >= 0.3 is 6.03 Å². The summed E-state index contributed by atoms with van der Waals surface area (Å²) in [5.74, 6) is 0.490. The SMILES string of the molecule is O=C(CC1CC2CCC(C1)N2)Nc1cccc(NC(=O)NCc2ccncc2)c1. The molecule has 0 spiro atoms. The fourth-order valence-corrected chi connectivity index (χ4v) is 4.35. The molecule has 2 bridgehead atoms. The maximum absolute atomic E-state index is 12.5. The van der Waals surface area contributed by atoms with Crippen molar-refractivity contribution in [2.45, 2.75) is 50.7 Å². The number of piperidine rings is 1. The van der Waals surface area contributed by atoms with Crippen LogP contribution >= 0.6 is 0 Å². The second-order valence-electron chi connectivity index (χ2n) is 7.97. The molecule has 1 aromatic heterocycles. The van der Waals surface area contributed by atoms with Gasteiger partial charge in [-0.15, -0.1) is 0 Å². The summed E-state index contributed by atoms with van der Waals surface area (Å²) >= 11 is 0. The van der Waals surface area contributed by atoms with E-state index in [1.807, 2.05) is 24.3 Å². The van der Waals surface area contributed by atoms with Gasteiger partial charge in [-0.05, 0) is 67.5 Å². The molecule has 4 rings (SSSR count). The van der Waals surface area contributed by atoms with Crippen molar-refractivity contribution in [3.05, 3.63) is 54.4 Å². The highest BCUT2D eigenvalue weighted by Gasteiger charge is 2.34. The molecule has 2 saturated heterocycles. The van der Waals surface area contributed by atoms with Gasteiger partial charge in [-0.3, -0.25) is 9.78 Å². The predicted molar refractivity (Wildman–Crippen MR) is 112 cm³/mol. The fraction of sp³-hybridized carbons (Fsp3) is 0.409. The summed E-state index contributed by atoms with van der Waals surface area (Å²) in [6.45, 7) is 0.420. The van der Waals surface area contributed by atoms with Gasteiger partial charge in [-0.2, -0.15) is 0 Å². The molecule has 2 unspecified atom stereocenters. The first-order valence-electron chi connectivity index (χ1n) is 10.2. The van der Waals surface area contributed by atoms with Gasteiger partial charge in [0.15, 0.2) is 0 Å². The van der Waals surface area contributed by atoms with Gasteiger partial charge in [0.1, 0.15) is 0 Å². The molecular formula is C22H27N5O2. The number of hydrogen-bond acceptors (Lipinski definition) is 4. The molecule has 7 nitrogen and oxygen atoms in total. The van der Waals surface area contributed by atoms with Crippen LogP contribution in [0.2, 0.25) is 0 Å². The number of pyridine rings is 1. The Morgan fingerprint density at radius 1 is 1.00 bits per heavy atom. The van der Waals surface area contributed by atoms with Crippen molar-refractivity contribution in [2.75, 3.05) is 10.6 Å². The summed E-state index contributed by atoms with van der Waals surface area (Å²) in [4.78, 5) is 28.5. The van der Waals surface area contributed by atoms with Crippen LogP contribution in [0, 0.1) is 5.92 Å². The topological polar surface area (TPSA) is 95.2 Å². The van der Waals surface area contributed by atoms with Gasteiger partial charge in [0, 0.05) is 48.8 Å². The molecule has 0 saturated carbocycles. The lowest BCUT2D eigenvalue weighted by molar-refractivity contribution is -0.117. The third kappa shape index (κ3) is 5.54. The van der Waals surface area contributed by atoms with Crippen molar-refractivity contribution in [3.63, 3.8) is 0 Å². The third-order valence-corrected chi connectivity index (χ3v) is 5.65. The summed E-state index contributed by atoms with van der Waals surface area (Å²) in [7, 11) is 0. The molecule has 29 heavy (non-hydrogen) atoms. The van der Waals surface area contributed by atoms with E-state index in [1.165, 1.54) is 12.8 Å². The number of carbonyl (C=O) groups is 2. The number of anilines is 2. The molecule has 2 aliphatic heterocycles. The minimum atomic E-state index is -0.296. The van der Waals surface area contributed by atoms with E-state index in [1.54, 1.807) is 24.5 Å². The average molecular weight is 393 g/mol. The van der Waals surface area contributed by atoms with Crippen molar-refractivity contribution in [2.24, 2.45) is 5.92 Å². The molecule has 2 fully saturated rings. The Hall–Kier alpha value is -2.93. The first-order chi connectivity index (χ1) is 14.1. The number of amides is 3. The van der Waals surface area contributed by atoms with E-state index in [9.17, 15) is 9.59 Å². The summed E-state index contributed by atoms with van der Waals surface area (Å²) in [6.07, 6.45) is 8.58. The molecule has 3 amide bonds. The van der Waals surface area contributed by atoms with Crippen molar-refractivity contribution in [1.82, 2.24) is 15.6 Å². The number of fused-ring (bicyclic) bond motifs is 2. The molecule has 2 atom stereocenters. The molecule has 3 heterocycles. The van der Waals surface area contributed by atoms with Crippen molar-refractivity contribution >= 4 is 23.3 Å². The van der Waals surface area contributed by atoms with E-state index in [2.05, 4.69) is 26.3 Å². The number of nitrogens with zero attached hydrogens (tertiary/aromatic N) is 1. The maximum Gasteiger partial charge on any atom is 0.319 e. The van der Waals surface area contributed by atoms with E-state index < -0.39 is 0 Å². The van der Waals surface area contributed by atoms with E-state index in [4.69, 9.17) is 0 Å². The minimum Gasteiger partial charge on any atom is -0.334 e. The van der Waals surface area contributed by atoms with Crippen LogP contribution in [0.3, 0.4) is 0 Å². The quantitative estimate of drug-likeness (QED) is 0.606. The number of benzene rings is 1. The highest BCUT2D eigenvalue weighted by molar-refractivity contribution is 5.93. The zero-order valence-corrected chi connectivity index (χ0v) is 16.4. The lowest BCUT2D eigenvalue weighted by Crippen LogP contribution is -2.39. The standard InChI is InChI=1S/C22H27N5O2/c28-21(12-16-10-19-4-5-20(11-16)25-19)26-17-2-1-3-18(13-17)27-22(29)24-14-15-6-8-23-9-7-15/h1-3,6-9,13,16,19-20,25H,4-5,10-12,14H2,(H,26,28)(H2,24,27,29). The number of hydrogen-bond donors (Lipinski definition) is 4. The number of aromatic nitrogens is 1. The summed E-state index contributed by atoms with van der Waals surface area (Å²) in [6, 6.07) is 11.8. The molecule has 0 aliphatic carbocycles. The number of urea groups is 1. The first-order valence-corrected chi connectivity index (χ1v) is 10.2. The molecule has 2 aromatic rings. The van der Waals surface area contributed by atoms with Crippen molar-refractivity contribution < 1.29 is 9.59 Å². The largest absolute Gasteiger partial charge is 0.334 e. The molecule has 4 N–H and O–H groups in total. The zero-order valence-electron chi connectivity index (χ0n) is 16.4. The Morgan fingerprint density at radius 3 is 2.41 bits per heavy atom. The van der Waals surface area contributed by atoms with Crippen LogP contribution in [0.25, 0.3) is 0 Å². The second kappa shape index (κ2) is 9.05. The molecule has 7 heteroatoms. The van der Waals surface area contributed by atoms with Crippen LogP contribution in [-0.2, 0) is 11.3 Å². The van der Waals surface area contributed by atoms with Gasteiger partial charge in [0.2, 0.25) is 5.91 Å². The van der Waals surface area contributed by atoms with Crippen LogP contribution in [0.15, 0.2) is 48.8 Å². The lowest BCUT2D eigenvalue weighted by Gasteiger charge is -2.28. The fourth-order valence-electron chi connectivity index (χ4n) is 4.35. The highest BCUT2D eigenvalue weighted by atomic mass is 16.2. The zero-order chi connectivity index (χ0) is 20.1. The smallest absolute Gasteiger partial charge is 0.319 e. The Labute approximate surface area is 170 Å². The Bertz CT molecular complexity index is 845. The van der Waals surface area contributed by atoms with Crippen LogP contribution < -0.4 is 21.3 Å². The molecule has 2 aliphatic rings. The van der Waals surface area contributed by atoms with Gasteiger partial charge in [0.25, 0.3) is 0 Å². The van der Waals surface area contributed by atoms with Crippen molar-refractivity contribution in [3.8, 4) is 0 Å². The van der Waals surface area contributed by atoms with E-state index >= 15 is 0 Å². The Kier molecular flexibility index (Phi) is 6.05. The Morgan fingerprint density at radius 2 is 1.69 bits per heavy atom. The summed E-state index contributed by atoms with van der Waals surface area (Å²) < 4.78 is 0. The van der Waals surface area contributed by atoms with Crippen LogP contribution in [0.1, 0.15) is 37.7 Å². The van der Waals surface area contributed by atoms with Gasteiger partial charge in [0.05, 0.1) is 0 Å². The maximum atomic E-state index is 12.5. The monoisotopic (exact) mass is 393 g/mol. The highest BCUT2D eigenvalue weighted by Crippen LogP contribution is 2.32. The van der Waals surface area contributed by atoms with Crippen LogP contribution in [0.5, 0.6) is 0 Å². The van der Waals surface area contributed by atoms with E-state index in [-0.39, 0.29) is 11.9 Å². The predicted octanol–water partition coefficient (Wildman–Crippen LogP) is 3.26. The van der Waals surface area contributed by atoms with Gasteiger partial charge in [-0.1, -0.05) is 6.07 Å². The first kappa shape index (κ1) is 19.4. The number of carbonyl (C=O) groups excluding carboxylic acids is 2. The lowest BCUT2D eigenvalue weighted by atomic mass is 9.89. The molecule has 0 radical (unpaired) electrons. The average Bonchev–Trinajstić information content (AvgIpc) is 3.05. The van der Waals surface area contributed by atoms with E-state index in [0.717, 1.165) is 18.4 Å². The number of rotatable bonds is 6. The van der Waals surface area contributed by atoms with Crippen LogP contribution in [0.4, 0.5) is 16.2 Å². The van der Waals surface area contributed by atoms with Crippen molar-refractivity contribution in [1.29, 1.82) is 0 Å². The molecular weight excluding hydrogens is 366 g/mol. The summed E-state index contributed by atoms with van der Waals surface area (Å²) in [5, 5.41) is 12.2. The third-order valence-electron chi connectivity index (χ3n) is 5.65. The molecule has 152 valence electrons. The van der Waals surface area contributed by atoms with Crippen LogP contribution in [-0.4, -0.2) is 29.0 Å². The van der Waals surface area contributed by atoms with Gasteiger partial charge < -0.3 is 21.3 Å². The number of nitrogens with one attached hydrogen (secondary N) is 4. The second-order valence-corrected chi connectivity index (χ2v) is 7.97.